The number of aliphatic hydroxyl groups excluding tert-OH is 1. The van der Waals surface area contributed by atoms with E-state index in [4.69, 9.17) is 0 Å². The molecule has 0 radical (unpaired) electrons. The molecule has 0 unspecified atom stereocenters. The Morgan fingerprint density at radius 1 is 1.23 bits per heavy atom. The summed E-state index contributed by atoms with van der Waals surface area (Å²) in [5.74, 6) is 0.149. The van der Waals surface area contributed by atoms with Crippen LogP contribution < -0.4 is 0 Å². The number of hydrogen-bond donors (Lipinski definition) is 1. The third-order valence-corrected chi connectivity index (χ3v) is 5.99. The van der Waals surface area contributed by atoms with Gasteiger partial charge >= 0.3 is 0 Å². The maximum absolute atomic E-state index is 12.3. The summed E-state index contributed by atoms with van der Waals surface area (Å²) in [7, 11) is 2.16. The van der Waals surface area contributed by atoms with E-state index in [2.05, 4.69) is 22.9 Å². The van der Waals surface area contributed by atoms with Gasteiger partial charge in [-0.25, -0.2) is 0 Å². The van der Waals surface area contributed by atoms with Crippen molar-refractivity contribution in [1.29, 1.82) is 5.26 Å². The predicted molar refractivity (Wildman–Crippen MR) is 99.3 cm³/mol. The topological polar surface area (TPSA) is 70.8 Å². The van der Waals surface area contributed by atoms with Gasteiger partial charge in [0, 0.05) is 51.2 Å². The number of piperazine rings is 1. The minimum Gasteiger partial charge on any atom is -0.395 e. The van der Waals surface area contributed by atoms with Crippen LogP contribution in [0.25, 0.3) is 0 Å². The average Bonchev–Trinajstić information content (AvgIpc) is 2.80. The molecular formula is C20H28N4O2. The molecule has 0 aromatic heterocycles. The monoisotopic (exact) mass is 356 g/mol. The summed E-state index contributed by atoms with van der Waals surface area (Å²) >= 11 is 0. The maximum atomic E-state index is 12.3. The van der Waals surface area contributed by atoms with E-state index >= 15 is 0 Å². The Bertz CT molecular complexity index is 687. The Morgan fingerprint density at radius 3 is 2.81 bits per heavy atom. The van der Waals surface area contributed by atoms with Crippen molar-refractivity contribution in [3.63, 3.8) is 0 Å². The lowest BCUT2D eigenvalue weighted by molar-refractivity contribution is -0.131. The number of likely N-dealkylation sites (tertiary alicyclic amines) is 1. The molecule has 1 aromatic carbocycles. The minimum atomic E-state index is -0.0142. The first-order chi connectivity index (χ1) is 12.6. The number of nitriles is 1. The second-order valence-electron chi connectivity index (χ2n) is 7.48. The third-order valence-electron chi connectivity index (χ3n) is 5.99. The molecule has 6 heteroatoms. The molecule has 0 aliphatic carbocycles. The van der Waals surface area contributed by atoms with E-state index < -0.39 is 0 Å². The molecule has 2 saturated heterocycles. The summed E-state index contributed by atoms with van der Waals surface area (Å²) in [6.07, 6.45) is 2.30. The molecule has 2 fully saturated rings. The van der Waals surface area contributed by atoms with Gasteiger partial charge in [-0.2, -0.15) is 5.26 Å². The second kappa shape index (κ2) is 8.17. The second-order valence-corrected chi connectivity index (χ2v) is 7.48. The Balaban J connectivity index is 1.73. The molecule has 1 atom stereocenters. The molecule has 3 rings (SSSR count). The van der Waals surface area contributed by atoms with Crippen molar-refractivity contribution in [3.05, 3.63) is 35.4 Å². The largest absolute Gasteiger partial charge is 0.395 e. The number of carbonyl (C=O) groups is 1. The van der Waals surface area contributed by atoms with Crippen LogP contribution in [0.3, 0.4) is 0 Å². The zero-order valence-corrected chi connectivity index (χ0v) is 15.5. The molecule has 140 valence electrons. The predicted octanol–water partition coefficient (Wildman–Crippen LogP) is 1.05. The lowest BCUT2D eigenvalue weighted by Gasteiger charge is -2.49. The van der Waals surface area contributed by atoms with Crippen LogP contribution in [-0.2, 0) is 11.3 Å². The first-order valence-corrected chi connectivity index (χ1v) is 9.38. The number of amides is 1. The standard InChI is InChI=1S/C20H28N4O2/c1-22-10-11-23(15-18-5-3-2-4-17(18)14-21)16-20(22)7-6-19(26)24(9-8-20)12-13-25/h2-5,25H,6-13,15-16H2,1H3/t20-/m1/s1. The van der Waals surface area contributed by atoms with Crippen LogP contribution in [0.1, 0.15) is 30.4 Å². The van der Waals surface area contributed by atoms with E-state index in [0.29, 0.717) is 19.5 Å². The van der Waals surface area contributed by atoms with Gasteiger partial charge in [0.05, 0.1) is 18.2 Å². The molecule has 6 nitrogen and oxygen atoms in total. The Morgan fingerprint density at radius 2 is 2.04 bits per heavy atom. The van der Waals surface area contributed by atoms with Gasteiger partial charge in [-0.3, -0.25) is 14.6 Å². The molecule has 1 spiro atoms. The SMILES string of the molecule is CN1CCN(Cc2ccccc2C#N)C[C@]12CCC(=O)N(CCO)CC2. The summed E-state index contributed by atoms with van der Waals surface area (Å²) in [4.78, 5) is 19.0. The Kier molecular flexibility index (Phi) is 5.92. The zero-order valence-electron chi connectivity index (χ0n) is 15.5. The number of carbonyl (C=O) groups excluding carboxylic acids is 1. The number of aliphatic hydroxyl groups is 1. The van der Waals surface area contributed by atoms with E-state index in [9.17, 15) is 15.2 Å². The fourth-order valence-electron chi connectivity index (χ4n) is 4.28. The van der Waals surface area contributed by atoms with E-state index in [1.165, 1.54) is 0 Å². The maximum Gasteiger partial charge on any atom is 0.222 e. The fourth-order valence-corrected chi connectivity index (χ4v) is 4.28. The number of rotatable bonds is 4. The van der Waals surface area contributed by atoms with Gasteiger partial charge in [-0.1, -0.05) is 18.2 Å². The van der Waals surface area contributed by atoms with Crippen molar-refractivity contribution in [2.45, 2.75) is 31.3 Å². The molecule has 0 bridgehead atoms. The van der Waals surface area contributed by atoms with Gasteiger partial charge in [0.2, 0.25) is 5.91 Å². The number of benzene rings is 1. The molecule has 0 saturated carbocycles. The molecule has 26 heavy (non-hydrogen) atoms. The van der Waals surface area contributed by atoms with Gasteiger partial charge < -0.3 is 10.0 Å². The Labute approximate surface area is 155 Å². The van der Waals surface area contributed by atoms with Crippen LogP contribution in [0, 0.1) is 11.3 Å². The van der Waals surface area contributed by atoms with E-state index in [0.717, 1.165) is 50.1 Å². The highest BCUT2D eigenvalue weighted by atomic mass is 16.3. The number of hydrogen-bond acceptors (Lipinski definition) is 5. The molecule has 2 aliphatic rings. The third kappa shape index (κ3) is 3.90. The summed E-state index contributed by atoms with van der Waals surface area (Å²) in [5, 5.41) is 18.5. The van der Waals surface area contributed by atoms with Crippen molar-refractivity contribution >= 4 is 5.91 Å². The van der Waals surface area contributed by atoms with Gasteiger partial charge in [-0.05, 0) is 31.5 Å². The molecular weight excluding hydrogens is 328 g/mol. The molecule has 2 heterocycles. The number of nitrogens with zero attached hydrogens (tertiary/aromatic N) is 4. The van der Waals surface area contributed by atoms with Crippen molar-refractivity contribution in [2.75, 3.05) is 46.4 Å². The highest BCUT2D eigenvalue weighted by Crippen LogP contribution is 2.32. The zero-order chi connectivity index (χ0) is 18.6. The fraction of sp³-hybridized carbons (Fsp3) is 0.600. The first-order valence-electron chi connectivity index (χ1n) is 9.38. The average molecular weight is 356 g/mol. The van der Waals surface area contributed by atoms with Crippen molar-refractivity contribution < 1.29 is 9.90 Å². The summed E-state index contributed by atoms with van der Waals surface area (Å²) in [5.41, 5.74) is 1.80. The number of likely N-dealkylation sites (N-methyl/N-ethyl adjacent to an activating group) is 1. The van der Waals surface area contributed by atoms with Crippen LogP contribution >= 0.6 is 0 Å². The van der Waals surface area contributed by atoms with Crippen LogP contribution in [0.4, 0.5) is 0 Å². The van der Waals surface area contributed by atoms with Crippen molar-refractivity contribution in [1.82, 2.24) is 14.7 Å². The molecule has 2 aliphatic heterocycles. The van der Waals surface area contributed by atoms with Crippen LogP contribution in [-0.4, -0.2) is 77.6 Å². The summed E-state index contributed by atoms with van der Waals surface area (Å²) in [6, 6.07) is 10.1. The van der Waals surface area contributed by atoms with Gasteiger partial charge in [0.15, 0.2) is 0 Å². The smallest absolute Gasteiger partial charge is 0.222 e. The normalized spacial score (nSPS) is 25.3. The van der Waals surface area contributed by atoms with E-state index in [1.54, 1.807) is 4.90 Å². The van der Waals surface area contributed by atoms with Crippen LogP contribution in [0.5, 0.6) is 0 Å². The van der Waals surface area contributed by atoms with Crippen molar-refractivity contribution in [2.24, 2.45) is 0 Å². The van der Waals surface area contributed by atoms with Crippen LogP contribution in [0.2, 0.25) is 0 Å². The quantitative estimate of drug-likeness (QED) is 0.873. The van der Waals surface area contributed by atoms with E-state index in [-0.39, 0.29) is 18.1 Å². The summed E-state index contributed by atoms with van der Waals surface area (Å²) < 4.78 is 0. The molecule has 1 aromatic rings. The first kappa shape index (κ1) is 18.8. The number of β-amino-alcohol motifs (C(OH)–C–C–N with tert-alkyl or cyclic N) is 1. The van der Waals surface area contributed by atoms with Gasteiger partial charge in [-0.15, -0.1) is 0 Å². The Hall–Kier alpha value is -1.94. The molecule has 1 amide bonds. The van der Waals surface area contributed by atoms with E-state index in [1.807, 2.05) is 24.3 Å². The van der Waals surface area contributed by atoms with Gasteiger partial charge in [0.25, 0.3) is 0 Å². The molecule has 1 N–H and O–H groups in total. The highest BCUT2D eigenvalue weighted by Gasteiger charge is 2.42. The van der Waals surface area contributed by atoms with Gasteiger partial charge in [0.1, 0.15) is 0 Å². The minimum absolute atomic E-state index is 0.0142. The summed E-state index contributed by atoms with van der Waals surface area (Å²) in [6.45, 7) is 4.75. The van der Waals surface area contributed by atoms with Crippen LogP contribution in [0.15, 0.2) is 24.3 Å². The lowest BCUT2D eigenvalue weighted by Crippen LogP contribution is -2.60. The lowest BCUT2D eigenvalue weighted by atomic mass is 9.86. The van der Waals surface area contributed by atoms with Crippen molar-refractivity contribution in [3.8, 4) is 6.07 Å². The highest BCUT2D eigenvalue weighted by molar-refractivity contribution is 5.76.